The van der Waals surface area contributed by atoms with E-state index in [-0.39, 0.29) is 5.75 Å². The molecule has 90 valence electrons. The van der Waals surface area contributed by atoms with Crippen LogP contribution in [0.3, 0.4) is 0 Å². The van der Waals surface area contributed by atoms with Crippen LogP contribution in [0.1, 0.15) is 18.4 Å². The Labute approximate surface area is 96.9 Å². The van der Waals surface area contributed by atoms with Crippen molar-refractivity contribution in [1.82, 2.24) is 0 Å². The first-order chi connectivity index (χ1) is 7.47. The standard InChI is InChI=1S/C11H18N2O2S/c1-10-4-6-11(7-5-10)13-8-2-3-9-16(12,14)15/h4-7,13H,2-3,8-9H2,1H3,(H2,12,14,15). The van der Waals surface area contributed by atoms with E-state index in [1.807, 2.05) is 31.2 Å². The Morgan fingerprint density at radius 2 is 1.81 bits per heavy atom. The van der Waals surface area contributed by atoms with Crippen molar-refractivity contribution in [1.29, 1.82) is 0 Å². The van der Waals surface area contributed by atoms with Crippen LogP contribution in [0.15, 0.2) is 24.3 Å². The Hall–Kier alpha value is -1.07. The summed E-state index contributed by atoms with van der Waals surface area (Å²) in [6.07, 6.45) is 1.39. The number of unbranched alkanes of at least 4 members (excludes halogenated alkanes) is 1. The third-order valence-corrected chi connectivity index (χ3v) is 3.09. The molecule has 0 spiro atoms. The van der Waals surface area contributed by atoms with Crippen LogP contribution in [0.2, 0.25) is 0 Å². The number of nitrogens with two attached hydrogens (primary N) is 1. The Balaban J connectivity index is 2.19. The van der Waals surface area contributed by atoms with Crippen molar-refractivity contribution in [2.24, 2.45) is 5.14 Å². The summed E-state index contributed by atoms with van der Waals surface area (Å²) in [5.74, 6) is 0.0581. The smallest absolute Gasteiger partial charge is 0.209 e. The molecule has 0 atom stereocenters. The minimum Gasteiger partial charge on any atom is -0.385 e. The zero-order chi connectivity index (χ0) is 12.0. The minimum absolute atomic E-state index is 0.0581. The van der Waals surface area contributed by atoms with Gasteiger partial charge in [0.15, 0.2) is 0 Å². The number of aryl methyl sites for hydroxylation is 1. The molecule has 0 saturated carbocycles. The van der Waals surface area contributed by atoms with E-state index in [1.54, 1.807) is 0 Å². The van der Waals surface area contributed by atoms with Crippen LogP contribution < -0.4 is 10.5 Å². The maximum Gasteiger partial charge on any atom is 0.209 e. The summed E-state index contributed by atoms with van der Waals surface area (Å²) >= 11 is 0. The van der Waals surface area contributed by atoms with Gasteiger partial charge < -0.3 is 5.32 Å². The van der Waals surface area contributed by atoms with E-state index in [2.05, 4.69) is 5.32 Å². The lowest BCUT2D eigenvalue weighted by Crippen LogP contribution is -2.17. The highest BCUT2D eigenvalue weighted by atomic mass is 32.2. The van der Waals surface area contributed by atoms with Gasteiger partial charge in [0.25, 0.3) is 0 Å². The molecule has 0 aliphatic heterocycles. The molecule has 0 bridgehead atoms. The molecule has 0 saturated heterocycles. The van der Waals surface area contributed by atoms with Crippen LogP contribution in [-0.2, 0) is 10.0 Å². The van der Waals surface area contributed by atoms with E-state index >= 15 is 0 Å². The lowest BCUT2D eigenvalue weighted by Gasteiger charge is -2.06. The largest absolute Gasteiger partial charge is 0.385 e. The number of sulfonamides is 1. The van der Waals surface area contributed by atoms with Crippen molar-refractivity contribution in [3.63, 3.8) is 0 Å². The average Bonchev–Trinajstić information content (AvgIpc) is 2.19. The zero-order valence-corrected chi connectivity index (χ0v) is 10.3. The highest BCUT2D eigenvalue weighted by Gasteiger charge is 2.01. The van der Waals surface area contributed by atoms with Gasteiger partial charge in [0, 0.05) is 12.2 Å². The number of hydrogen-bond acceptors (Lipinski definition) is 3. The average molecular weight is 242 g/mol. The highest BCUT2D eigenvalue weighted by molar-refractivity contribution is 7.89. The molecule has 0 aliphatic rings. The van der Waals surface area contributed by atoms with Gasteiger partial charge in [-0.3, -0.25) is 0 Å². The van der Waals surface area contributed by atoms with E-state index in [0.29, 0.717) is 6.42 Å². The second kappa shape index (κ2) is 5.86. The summed E-state index contributed by atoms with van der Waals surface area (Å²) in [6.45, 7) is 2.80. The molecule has 5 heteroatoms. The molecule has 16 heavy (non-hydrogen) atoms. The monoisotopic (exact) mass is 242 g/mol. The van der Waals surface area contributed by atoms with Gasteiger partial charge in [0.1, 0.15) is 0 Å². The number of nitrogens with one attached hydrogen (secondary N) is 1. The molecule has 0 radical (unpaired) electrons. The normalized spacial score (nSPS) is 11.4. The molecule has 4 nitrogen and oxygen atoms in total. The highest BCUT2D eigenvalue weighted by Crippen LogP contribution is 2.08. The summed E-state index contributed by atoms with van der Waals surface area (Å²) in [5, 5.41) is 8.12. The first kappa shape index (κ1) is 13.0. The molecule has 0 aliphatic carbocycles. The van der Waals surface area contributed by atoms with Crippen molar-refractivity contribution in [2.45, 2.75) is 19.8 Å². The van der Waals surface area contributed by atoms with Gasteiger partial charge >= 0.3 is 0 Å². The van der Waals surface area contributed by atoms with Gasteiger partial charge in [-0.05, 0) is 31.9 Å². The van der Waals surface area contributed by atoms with Gasteiger partial charge in [0.2, 0.25) is 10.0 Å². The zero-order valence-electron chi connectivity index (χ0n) is 9.44. The van der Waals surface area contributed by atoms with Crippen LogP contribution in [0, 0.1) is 6.92 Å². The molecule has 3 N–H and O–H groups in total. The number of anilines is 1. The minimum atomic E-state index is -3.30. The molecule has 0 amide bonds. The summed E-state index contributed by atoms with van der Waals surface area (Å²) in [4.78, 5) is 0. The van der Waals surface area contributed by atoms with Crippen LogP contribution in [0.5, 0.6) is 0 Å². The molecule has 1 aromatic rings. The second-order valence-electron chi connectivity index (χ2n) is 3.87. The Kier molecular flexibility index (Phi) is 4.76. The van der Waals surface area contributed by atoms with Gasteiger partial charge in [-0.15, -0.1) is 0 Å². The summed E-state index contributed by atoms with van der Waals surface area (Å²) in [5.41, 5.74) is 2.28. The van der Waals surface area contributed by atoms with Crippen molar-refractivity contribution < 1.29 is 8.42 Å². The van der Waals surface area contributed by atoms with E-state index in [4.69, 9.17) is 5.14 Å². The number of benzene rings is 1. The summed E-state index contributed by atoms with van der Waals surface area (Å²) < 4.78 is 21.3. The van der Waals surface area contributed by atoms with Crippen molar-refractivity contribution in [3.05, 3.63) is 29.8 Å². The number of primary sulfonamides is 1. The van der Waals surface area contributed by atoms with Gasteiger partial charge in [-0.2, -0.15) is 0 Å². The van der Waals surface area contributed by atoms with Crippen LogP contribution >= 0.6 is 0 Å². The van der Waals surface area contributed by atoms with E-state index in [1.165, 1.54) is 5.56 Å². The van der Waals surface area contributed by atoms with Crippen LogP contribution in [0.25, 0.3) is 0 Å². The number of hydrogen-bond donors (Lipinski definition) is 2. The first-order valence-corrected chi connectivity index (χ1v) is 7.00. The van der Waals surface area contributed by atoms with E-state index < -0.39 is 10.0 Å². The predicted octanol–water partition coefficient (Wildman–Crippen LogP) is 1.48. The molecule has 0 unspecified atom stereocenters. The van der Waals surface area contributed by atoms with E-state index in [9.17, 15) is 8.42 Å². The fraction of sp³-hybridized carbons (Fsp3) is 0.455. The number of rotatable bonds is 6. The molecule has 0 aromatic heterocycles. The van der Waals surface area contributed by atoms with Gasteiger partial charge in [-0.25, -0.2) is 13.6 Å². The fourth-order valence-corrected chi connectivity index (χ4v) is 1.94. The lowest BCUT2D eigenvalue weighted by molar-refractivity contribution is 0.594. The Bertz CT molecular complexity index is 412. The van der Waals surface area contributed by atoms with Crippen LogP contribution in [-0.4, -0.2) is 20.7 Å². The molecular formula is C11H18N2O2S. The molecule has 0 heterocycles. The second-order valence-corrected chi connectivity index (χ2v) is 5.60. The predicted molar refractivity (Wildman–Crippen MR) is 66.9 cm³/mol. The molecular weight excluding hydrogens is 224 g/mol. The third-order valence-electron chi connectivity index (χ3n) is 2.24. The lowest BCUT2D eigenvalue weighted by atomic mass is 10.2. The molecule has 1 rings (SSSR count). The fourth-order valence-electron chi connectivity index (χ4n) is 1.33. The molecule has 0 fully saturated rings. The maximum absolute atomic E-state index is 10.7. The van der Waals surface area contributed by atoms with Crippen molar-refractivity contribution >= 4 is 15.7 Å². The maximum atomic E-state index is 10.7. The quantitative estimate of drug-likeness (QED) is 0.742. The summed E-state index contributed by atoms with van der Waals surface area (Å²) in [6, 6.07) is 8.09. The van der Waals surface area contributed by atoms with Gasteiger partial charge in [0.05, 0.1) is 5.75 Å². The third kappa shape index (κ3) is 5.72. The topological polar surface area (TPSA) is 72.2 Å². The Morgan fingerprint density at radius 1 is 1.19 bits per heavy atom. The molecule has 1 aromatic carbocycles. The Morgan fingerprint density at radius 3 is 2.38 bits per heavy atom. The summed E-state index contributed by atoms with van der Waals surface area (Å²) in [7, 11) is -3.30. The van der Waals surface area contributed by atoms with Crippen molar-refractivity contribution in [3.8, 4) is 0 Å². The SMILES string of the molecule is Cc1ccc(NCCCCS(N)(=O)=O)cc1. The van der Waals surface area contributed by atoms with Crippen LogP contribution in [0.4, 0.5) is 5.69 Å². The van der Waals surface area contributed by atoms with Gasteiger partial charge in [-0.1, -0.05) is 17.7 Å². The first-order valence-electron chi connectivity index (χ1n) is 5.28. The van der Waals surface area contributed by atoms with Crippen molar-refractivity contribution in [2.75, 3.05) is 17.6 Å². The van der Waals surface area contributed by atoms with E-state index in [0.717, 1.165) is 18.7 Å².